The van der Waals surface area contributed by atoms with E-state index in [9.17, 15) is 14.7 Å². The van der Waals surface area contributed by atoms with Gasteiger partial charge in [0.1, 0.15) is 0 Å². The van der Waals surface area contributed by atoms with Gasteiger partial charge >= 0.3 is 5.69 Å². The normalized spacial score (nSPS) is 12.2. The highest BCUT2D eigenvalue weighted by atomic mass is 16.5. The van der Waals surface area contributed by atoms with E-state index < -0.39 is 17.3 Å². The minimum absolute atomic E-state index is 0.227. The number of aliphatic hydroxyl groups excluding tert-OH is 1. The lowest BCUT2D eigenvalue weighted by molar-refractivity contribution is 0.275. The van der Waals surface area contributed by atoms with Gasteiger partial charge < -0.3 is 24.5 Å². The molecule has 0 saturated heterocycles. The van der Waals surface area contributed by atoms with E-state index in [4.69, 9.17) is 9.47 Å². The van der Waals surface area contributed by atoms with Crippen LogP contribution in [0.25, 0.3) is 11.2 Å². The van der Waals surface area contributed by atoms with Gasteiger partial charge in [0.15, 0.2) is 22.7 Å². The molecule has 2 heterocycles. The summed E-state index contributed by atoms with van der Waals surface area (Å²) >= 11 is 0. The molecule has 0 amide bonds. The van der Waals surface area contributed by atoms with Crippen LogP contribution in [0.5, 0.6) is 11.5 Å². The summed E-state index contributed by atoms with van der Waals surface area (Å²) in [4.78, 5) is 29.0. The van der Waals surface area contributed by atoms with E-state index in [1.165, 1.54) is 18.7 Å². The zero-order valence-corrected chi connectivity index (χ0v) is 16.4. The van der Waals surface area contributed by atoms with Gasteiger partial charge in [0.05, 0.1) is 26.9 Å². The number of methoxy groups -OCH3 is 2. The van der Waals surface area contributed by atoms with Gasteiger partial charge in [0.25, 0.3) is 5.56 Å². The predicted molar refractivity (Wildman–Crippen MR) is 104 cm³/mol. The number of imidazole rings is 1. The predicted octanol–water partition coefficient (Wildman–Crippen LogP) is 0.133. The first-order valence-electron chi connectivity index (χ1n) is 8.55. The topological polar surface area (TPSA) is 113 Å². The number of ether oxygens (including phenoxy) is 2. The van der Waals surface area contributed by atoms with E-state index in [-0.39, 0.29) is 17.8 Å². The number of fused-ring (bicyclic) bond motifs is 1. The minimum Gasteiger partial charge on any atom is -0.493 e. The van der Waals surface area contributed by atoms with Crippen molar-refractivity contribution in [2.24, 2.45) is 21.1 Å². The average Bonchev–Trinajstić information content (AvgIpc) is 3.04. The third-order valence-corrected chi connectivity index (χ3v) is 4.77. The molecule has 10 heteroatoms. The van der Waals surface area contributed by atoms with Crippen molar-refractivity contribution in [1.82, 2.24) is 18.7 Å². The Bertz CT molecular complexity index is 1140. The van der Waals surface area contributed by atoms with Gasteiger partial charge in [0, 0.05) is 21.1 Å². The van der Waals surface area contributed by atoms with Crippen LogP contribution in [0, 0.1) is 0 Å². The van der Waals surface area contributed by atoms with E-state index >= 15 is 0 Å². The van der Waals surface area contributed by atoms with Crippen LogP contribution < -0.4 is 26.0 Å². The van der Waals surface area contributed by atoms with Crippen LogP contribution in [0.4, 0.5) is 5.95 Å². The Morgan fingerprint density at radius 3 is 2.36 bits per heavy atom. The first-order valence-corrected chi connectivity index (χ1v) is 8.55. The highest BCUT2D eigenvalue weighted by Gasteiger charge is 2.20. The number of aromatic nitrogens is 4. The number of benzene rings is 1. The first-order chi connectivity index (χ1) is 13.3. The van der Waals surface area contributed by atoms with Crippen molar-refractivity contribution in [3.05, 3.63) is 44.6 Å². The third kappa shape index (κ3) is 3.01. The molecule has 0 radical (unpaired) electrons. The fraction of sp³-hybridized carbons (Fsp3) is 0.389. The van der Waals surface area contributed by atoms with Gasteiger partial charge in [-0.15, -0.1) is 0 Å². The van der Waals surface area contributed by atoms with E-state index in [1.54, 1.807) is 44.0 Å². The lowest BCUT2D eigenvalue weighted by atomic mass is 10.1. The van der Waals surface area contributed by atoms with Crippen molar-refractivity contribution >= 4 is 17.1 Å². The molecule has 0 fully saturated rings. The Balaban J connectivity index is 2.07. The van der Waals surface area contributed by atoms with Crippen LogP contribution in [-0.2, 0) is 21.1 Å². The summed E-state index contributed by atoms with van der Waals surface area (Å²) in [5, 5.41) is 13.0. The molecule has 10 nitrogen and oxygen atoms in total. The van der Waals surface area contributed by atoms with Gasteiger partial charge in [0.2, 0.25) is 5.95 Å². The molecule has 0 aliphatic carbocycles. The molecule has 0 bridgehead atoms. The lowest BCUT2D eigenvalue weighted by Crippen LogP contribution is -2.37. The zero-order chi connectivity index (χ0) is 20.6. The molecule has 150 valence electrons. The summed E-state index contributed by atoms with van der Waals surface area (Å²) < 4.78 is 14.5. The summed E-state index contributed by atoms with van der Waals surface area (Å²) in [5.41, 5.74) is 0.403. The number of nitrogens with one attached hydrogen (secondary N) is 1. The molecule has 0 aliphatic heterocycles. The molecule has 2 N–H and O–H groups in total. The highest BCUT2D eigenvalue weighted by Crippen LogP contribution is 2.31. The Labute approximate surface area is 160 Å². The van der Waals surface area contributed by atoms with Gasteiger partial charge in [-0.05, 0) is 17.7 Å². The molecule has 3 aromatic rings. The summed E-state index contributed by atoms with van der Waals surface area (Å²) in [5.74, 6) is 1.45. The number of rotatable bonds is 6. The van der Waals surface area contributed by atoms with Crippen molar-refractivity contribution in [2.45, 2.75) is 6.04 Å². The average molecular weight is 389 g/mol. The summed E-state index contributed by atoms with van der Waals surface area (Å²) in [7, 11) is 7.73. The maximum atomic E-state index is 12.5. The van der Waals surface area contributed by atoms with Crippen LogP contribution in [0.15, 0.2) is 27.8 Å². The number of nitrogens with zero attached hydrogens (tertiary/aromatic N) is 4. The van der Waals surface area contributed by atoms with Gasteiger partial charge in [-0.25, -0.2) is 4.79 Å². The lowest BCUT2D eigenvalue weighted by Gasteiger charge is -2.19. The summed E-state index contributed by atoms with van der Waals surface area (Å²) in [6.07, 6.45) is 0. The molecule has 1 atom stereocenters. The first kappa shape index (κ1) is 19.5. The van der Waals surface area contributed by atoms with Gasteiger partial charge in [-0.2, -0.15) is 4.98 Å². The molecular formula is C18H23N5O5. The number of hydrogen-bond acceptors (Lipinski definition) is 7. The monoisotopic (exact) mass is 389 g/mol. The standard InChI is InChI=1S/C18H23N5O5/c1-21-14-15(22(2)18(26)23(3)16(14)25)20-17(21)19-11(9-24)10-6-7-12(27-4)13(8-10)28-5/h6-8,11,24H,9H2,1-5H3,(H,19,20)/t11-/m1/s1. The van der Waals surface area contributed by atoms with E-state index in [0.29, 0.717) is 17.4 Å². The molecule has 0 spiro atoms. The van der Waals surface area contributed by atoms with Crippen LogP contribution in [0.1, 0.15) is 11.6 Å². The van der Waals surface area contributed by atoms with Crippen LogP contribution >= 0.6 is 0 Å². The molecule has 28 heavy (non-hydrogen) atoms. The second kappa shape index (κ2) is 7.39. The Kier molecular flexibility index (Phi) is 5.14. The molecule has 2 aromatic heterocycles. The zero-order valence-electron chi connectivity index (χ0n) is 16.4. The van der Waals surface area contributed by atoms with Crippen LogP contribution in [-0.4, -0.2) is 44.6 Å². The summed E-state index contributed by atoms with van der Waals surface area (Å²) in [6, 6.07) is 4.78. The fourth-order valence-electron chi connectivity index (χ4n) is 3.11. The number of hydrogen-bond donors (Lipinski definition) is 2. The Morgan fingerprint density at radius 1 is 1.07 bits per heavy atom. The highest BCUT2D eigenvalue weighted by molar-refractivity contribution is 5.74. The van der Waals surface area contributed by atoms with Gasteiger partial charge in [-0.3, -0.25) is 13.9 Å². The Hall–Kier alpha value is -3.27. The maximum Gasteiger partial charge on any atom is 0.332 e. The molecule has 0 saturated carbocycles. The number of anilines is 1. The van der Waals surface area contributed by atoms with Crippen LogP contribution in [0.2, 0.25) is 0 Å². The molecule has 0 unspecified atom stereocenters. The van der Waals surface area contributed by atoms with E-state index in [1.807, 2.05) is 0 Å². The van der Waals surface area contributed by atoms with Gasteiger partial charge in [-0.1, -0.05) is 6.07 Å². The molecular weight excluding hydrogens is 366 g/mol. The number of aryl methyl sites for hydroxylation is 2. The SMILES string of the molecule is COc1ccc([C@@H](CO)Nc2nc3c(c(=O)n(C)c(=O)n3C)n2C)cc1OC. The van der Waals surface area contributed by atoms with E-state index in [2.05, 4.69) is 10.3 Å². The third-order valence-electron chi connectivity index (χ3n) is 4.77. The Morgan fingerprint density at radius 2 is 1.75 bits per heavy atom. The number of aliphatic hydroxyl groups is 1. The largest absolute Gasteiger partial charge is 0.493 e. The second-order valence-corrected chi connectivity index (χ2v) is 6.37. The van der Waals surface area contributed by atoms with Crippen molar-refractivity contribution in [1.29, 1.82) is 0 Å². The van der Waals surface area contributed by atoms with Crippen molar-refractivity contribution < 1.29 is 14.6 Å². The smallest absolute Gasteiger partial charge is 0.332 e. The minimum atomic E-state index is -0.517. The van der Waals surface area contributed by atoms with Crippen molar-refractivity contribution in [2.75, 3.05) is 26.1 Å². The molecule has 3 rings (SSSR count). The second-order valence-electron chi connectivity index (χ2n) is 6.37. The maximum absolute atomic E-state index is 12.5. The summed E-state index contributed by atoms with van der Waals surface area (Å²) in [6.45, 7) is -0.227. The molecule has 1 aromatic carbocycles. The van der Waals surface area contributed by atoms with Crippen molar-refractivity contribution in [3.63, 3.8) is 0 Å². The van der Waals surface area contributed by atoms with E-state index in [0.717, 1.165) is 10.1 Å². The quantitative estimate of drug-likeness (QED) is 0.616. The molecule has 0 aliphatic rings. The fourth-order valence-corrected chi connectivity index (χ4v) is 3.11. The van der Waals surface area contributed by atoms with Crippen LogP contribution in [0.3, 0.4) is 0 Å². The van der Waals surface area contributed by atoms with Crippen molar-refractivity contribution in [3.8, 4) is 11.5 Å².